The first-order valence-electron chi connectivity index (χ1n) is 7.22. The van der Waals surface area contributed by atoms with Crippen molar-refractivity contribution in [1.82, 2.24) is 5.43 Å². The number of hydrazone groups is 1. The number of carbonyl (C=O) groups is 1. The van der Waals surface area contributed by atoms with E-state index in [0.717, 1.165) is 0 Å². The second kappa shape index (κ2) is 8.60. The van der Waals surface area contributed by atoms with Crippen LogP contribution in [0.25, 0.3) is 0 Å². The van der Waals surface area contributed by atoms with Crippen LogP contribution >= 0.6 is 23.2 Å². The van der Waals surface area contributed by atoms with Crippen LogP contribution in [-0.2, 0) is 4.79 Å². The molecule has 1 amide bonds. The minimum absolute atomic E-state index is 0.0214. The number of hydrogen-bond donors (Lipinski definition) is 2. The van der Waals surface area contributed by atoms with Crippen molar-refractivity contribution < 1.29 is 19.4 Å². The Morgan fingerprint density at radius 2 is 1.96 bits per heavy atom. The van der Waals surface area contributed by atoms with Gasteiger partial charge in [0.2, 0.25) is 0 Å². The number of ether oxygens (including phenoxy) is 2. The normalized spacial score (nSPS) is 12.0. The van der Waals surface area contributed by atoms with Crippen molar-refractivity contribution in [3.05, 3.63) is 52.0 Å². The van der Waals surface area contributed by atoms with Gasteiger partial charge in [-0.15, -0.1) is 0 Å². The molecule has 0 fully saturated rings. The quantitative estimate of drug-likeness (QED) is 0.590. The number of hydrogen-bond acceptors (Lipinski definition) is 5. The molecule has 25 heavy (non-hydrogen) atoms. The number of methoxy groups -OCH3 is 1. The molecule has 1 unspecified atom stereocenters. The number of nitrogens with one attached hydrogen (secondary N) is 1. The van der Waals surface area contributed by atoms with E-state index in [0.29, 0.717) is 27.1 Å². The second-order valence-corrected chi connectivity index (χ2v) is 5.84. The lowest BCUT2D eigenvalue weighted by atomic mass is 10.2. The zero-order valence-corrected chi connectivity index (χ0v) is 15.0. The van der Waals surface area contributed by atoms with Crippen LogP contribution in [0.15, 0.2) is 41.5 Å². The van der Waals surface area contributed by atoms with Gasteiger partial charge >= 0.3 is 0 Å². The molecule has 6 nitrogen and oxygen atoms in total. The van der Waals surface area contributed by atoms with Crippen LogP contribution < -0.4 is 14.9 Å². The average Bonchev–Trinajstić information content (AvgIpc) is 2.57. The molecule has 0 aliphatic heterocycles. The van der Waals surface area contributed by atoms with Crippen LogP contribution in [0.1, 0.15) is 12.5 Å². The molecule has 8 heteroatoms. The minimum Gasteiger partial charge on any atom is -0.504 e. The summed E-state index contributed by atoms with van der Waals surface area (Å²) in [5, 5.41) is 14.3. The lowest BCUT2D eigenvalue weighted by Gasteiger charge is -2.14. The van der Waals surface area contributed by atoms with Gasteiger partial charge in [0.15, 0.2) is 17.6 Å². The van der Waals surface area contributed by atoms with Gasteiger partial charge in [-0.05, 0) is 48.9 Å². The van der Waals surface area contributed by atoms with Crippen molar-refractivity contribution in [2.75, 3.05) is 7.11 Å². The summed E-state index contributed by atoms with van der Waals surface area (Å²) >= 11 is 11.8. The van der Waals surface area contributed by atoms with Crippen LogP contribution in [0.2, 0.25) is 10.0 Å². The molecule has 0 aromatic heterocycles. The summed E-state index contributed by atoms with van der Waals surface area (Å²) in [5.41, 5.74) is 2.94. The number of halogens is 2. The van der Waals surface area contributed by atoms with Gasteiger partial charge in [0.1, 0.15) is 5.75 Å². The number of phenolic OH excluding ortho intramolecular Hbond substituents is 1. The monoisotopic (exact) mass is 382 g/mol. The Morgan fingerprint density at radius 3 is 2.60 bits per heavy atom. The first-order chi connectivity index (χ1) is 11.9. The van der Waals surface area contributed by atoms with E-state index in [4.69, 9.17) is 32.7 Å². The van der Waals surface area contributed by atoms with Gasteiger partial charge < -0.3 is 14.6 Å². The van der Waals surface area contributed by atoms with E-state index in [1.54, 1.807) is 31.2 Å². The third-order valence-corrected chi connectivity index (χ3v) is 3.69. The van der Waals surface area contributed by atoms with Crippen molar-refractivity contribution in [2.24, 2.45) is 5.10 Å². The molecular weight excluding hydrogens is 367 g/mol. The summed E-state index contributed by atoms with van der Waals surface area (Å²) < 4.78 is 10.4. The van der Waals surface area contributed by atoms with Crippen LogP contribution in [0, 0.1) is 0 Å². The highest BCUT2D eigenvalue weighted by Crippen LogP contribution is 2.28. The Hall–Kier alpha value is -2.44. The fraction of sp³-hybridized carbons (Fsp3) is 0.176. The van der Waals surface area contributed by atoms with Crippen molar-refractivity contribution in [3.63, 3.8) is 0 Å². The van der Waals surface area contributed by atoms with Crippen LogP contribution in [-0.4, -0.2) is 30.4 Å². The molecule has 0 spiro atoms. The Morgan fingerprint density at radius 1 is 1.24 bits per heavy atom. The van der Waals surface area contributed by atoms with E-state index in [9.17, 15) is 9.90 Å². The Kier molecular flexibility index (Phi) is 6.50. The Labute approximate surface area is 155 Å². The highest BCUT2D eigenvalue weighted by atomic mass is 35.5. The number of rotatable bonds is 6. The molecule has 0 bridgehead atoms. The van der Waals surface area contributed by atoms with Crippen molar-refractivity contribution in [1.29, 1.82) is 0 Å². The topological polar surface area (TPSA) is 80.2 Å². The fourth-order valence-electron chi connectivity index (χ4n) is 1.86. The van der Waals surface area contributed by atoms with Crippen LogP contribution in [0.5, 0.6) is 17.2 Å². The maximum atomic E-state index is 12.0. The maximum Gasteiger partial charge on any atom is 0.280 e. The molecule has 0 saturated heterocycles. The summed E-state index contributed by atoms with van der Waals surface area (Å²) in [5.74, 6) is 0.215. The zero-order chi connectivity index (χ0) is 18.4. The van der Waals surface area contributed by atoms with Crippen LogP contribution in [0.3, 0.4) is 0 Å². The summed E-state index contributed by atoms with van der Waals surface area (Å²) in [7, 11) is 1.46. The number of carbonyl (C=O) groups excluding carboxylic acids is 1. The van der Waals surface area contributed by atoms with E-state index in [1.165, 1.54) is 25.5 Å². The number of phenols is 1. The lowest BCUT2D eigenvalue weighted by molar-refractivity contribution is -0.127. The largest absolute Gasteiger partial charge is 0.504 e. The summed E-state index contributed by atoms with van der Waals surface area (Å²) in [4.78, 5) is 12.0. The molecule has 0 aliphatic rings. The molecular formula is C17H16Cl2N2O4. The molecule has 2 aromatic carbocycles. The molecule has 0 heterocycles. The van der Waals surface area contributed by atoms with Gasteiger partial charge in [-0.25, -0.2) is 5.43 Å². The third kappa shape index (κ3) is 5.27. The lowest BCUT2D eigenvalue weighted by Crippen LogP contribution is -2.33. The fourth-order valence-corrected chi connectivity index (χ4v) is 2.32. The van der Waals surface area contributed by atoms with Gasteiger partial charge in [0.05, 0.1) is 18.3 Å². The summed E-state index contributed by atoms with van der Waals surface area (Å²) in [6.07, 6.45) is 0.569. The van der Waals surface area contributed by atoms with Crippen LogP contribution in [0.4, 0.5) is 0 Å². The Balaban J connectivity index is 1.93. The van der Waals surface area contributed by atoms with E-state index in [2.05, 4.69) is 10.5 Å². The van der Waals surface area contributed by atoms with E-state index in [-0.39, 0.29) is 5.75 Å². The van der Waals surface area contributed by atoms with Gasteiger partial charge in [0, 0.05) is 5.02 Å². The van der Waals surface area contributed by atoms with Gasteiger partial charge in [-0.1, -0.05) is 23.2 Å². The molecule has 0 saturated carbocycles. The van der Waals surface area contributed by atoms with Crippen molar-refractivity contribution in [3.8, 4) is 17.2 Å². The maximum absolute atomic E-state index is 12.0. The van der Waals surface area contributed by atoms with Gasteiger partial charge in [-0.3, -0.25) is 4.79 Å². The first kappa shape index (κ1) is 18.9. The predicted molar refractivity (Wildman–Crippen MR) is 96.9 cm³/mol. The molecule has 0 aliphatic carbocycles. The second-order valence-electron chi connectivity index (χ2n) is 5.00. The molecule has 2 rings (SSSR count). The van der Waals surface area contributed by atoms with Crippen molar-refractivity contribution in [2.45, 2.75) is 13.0 Å². The summed E-state index contributed by atoms with van der Waals surface area (Å²) in [6.45, 7) is 1.56. The number of amides is 1. The smallest absolute Gasteiger partial charge is 0.280 e. The number of benzene rings is 2. The molecule has 2 N–H and O–H groups in total. The first-order valence-corrected chi connectivity index (χ1v) is 7.98. The average molecular weight is 383 g/mol. The van der Waals surface area contributed by atoms with E-state index >= 15 is 0 Å². The highest BCUT2D eigenvalue weighted by molar-refractivity contribution is 6.35. The standard InChI is InChI=1S/C17H16Cl2N2O4/c1-10(25-15-6-4-12(18)8-13(15)19)17(23)21-20-9-11-3-5-16(24-2)14(22)7-11/h3-10,22H,1-2H3,(H,21,23). The Bertz CT molecular complexity index is 796. The summed E-state index contributed by atoms with van der Waals surface area (Å²) in [6, 6.07) is 9.45. The predicted octanol–water partition coefficient (Wildman–Crippen LogP) is 3.63. The molecule has 132 valence electrons. The van der Waals surface area contributed by atoms with Gasteiger partial charge in [-0.2, -0.15) is 5.10 Å². The SMILES string of the molecule is COc1ccc(C=NNC(=O)C(C)Oc2ccc(Cl)cc2Cl)cc1O. The molecule has 2 aromatic rings. The minimum atomic E-state index is -0.819. The highest BCUT2D eigenvalue weighted by Gasteiger charge is 2.15. The zero-order valence-electron chi connectivity index (χ0n) is 13.5. The van der Waals surface area contributed by atoms with E-state index < -0.39 is 12.0 Å². The molecule has 0 radical (unpaired) electrons. The van der Waals surface area contributed by atoms with E-state index in [1.807, 2.05) is 0 Å². The number of nitrogens with zero attached hydrogens (tertiary/aromatic N) is 1. The van der Waals surface area contributed by atoms with Gasteiger partial charge in [0.25, 0.3) is 5.91 Å². The van der Waals surface area contributed by atoms with Crippen molar-refractivity contribution >= 4 is 35.3 Å². The third-order valence-electron chi connectivity index (χ3n) is 3.16. The molecule has 1 atom stereocenters. The number of aromatic hydroxyl groups is 1.